The summed E-state index contributed by atoms with van der Waals surface area (Å²) in [6.45, 7) is 8.20. The quantitative estimate of drug-likeness (QED) is 0.603. The van der Waals surface area contributed by atoms with Gasteiger partial charge in [-0.3, -0.25) is 0 Å². The summed E-state index contributed by atoms with van der Waals surface area (Å²) < 4.78 is 0. The van der Waals surface area contributed by atoms with Crippen molar-refractivity contribution in [2.24, 2.45) is 5.92 Å². The first-order valence-corrected chi connectivity index (χ1v) is 12.2. The molecule has 0 radical (unpaired) electrons. The topological polar surface area (TPSA) is 61.8 Å². The molecule has 4 rings (SSSR count). The Balaban J connectivity index is 1.29. The minimum Gasteiger partial charge on any atom is -0.784 e. The molecule has 1 aliphatic carbocycles. The van der Waals surface area contributed by atoms with Gasteiger partial charge in [0.15, 0.2) is 0 Å². The molecule has 1 fully saturated rings. The zero-order valence-corrected chi connectivity index (χ0v) is 19.8. The molecule has 1 aromatic carbocycles. The van der Waals surface area contributed by atoms with E-state index >= 15 is 0 Å². The molecule has 0 saturated carbocycles. The number of likely N-dealkylation sites (tertiary alicyclic amines) is 1. The van der Waals surface area contributed by atoms with Crippen molar-refractivity contribution in [2.75, 3.05) is 26.2 Å². The molecule has 174 valence electrons. The third kappa shape index (κ3) is 5.46. The van der Waals surface area contributed by atoms with Crippen molar-refractivity contribution >= 4 is 11.6 Å². The lowest BCUT2D eigenvalue weighted by Gasteiger charge is -2.47. The molecule has 2 aliphatic heterocycles. The number of piperidine rings is 1. The van der Waals surface area contributed by atoms with Crippen molar-refractivity contribution in [3.05, 3.63) is 75.7 Å². The Morgan fingerprint density at radius 2 is 1.88 bits per heavy atom. The van der Waals surface area contributed by atoms with Crippen LogP contribution >= 0.6 is 11.6 Å². The smallest absolute Gasteiger partial charge is 0.0989 e. The number of hydrogen-bond acceptors (Lipinski definition) is 5. The number of hydrogen-bond donors (Lipinski definition) is 2. The van der Waals surface area contributed by atoms with E-state index < -0.39 is 0 Å². The molecule has 2 heterocycles. The lowest BCUT2D eigenvalue weighted by molar-refractivity contribution is 0.157. The molecule has 32 heavy (non-hydrogen) atoms. The van der Waals surface area contributed by atoms with E-state index in [-0.39, 0.29) is 12.1 Å². The number of rotatable bonds is 7. The summed E-state index contributed by atoms with van der Waals surface area (Å²) in [6, 6.07) is 7.98. The molecule has 6 heteroatoms. The van der Waals surface area contributed by atoms with Crippen LogP contribution < -0.4 is 5.32 Å². The Morgan fingerprint density at radius 1 is 1.16 bits per heavy atom. The van der Waals surface area contributed by atoms with Crippen LogP contribution in [0.15, 0.2) is 59.9 Å². The second-order valence-corrected chi connectivity index (χ2v) is 10.1. The fourth-order valence-electron chi connectivity index (χ4n) is 5.10. The maximum atomic E-state index is 12.9. The van der Waals surface area contributed by atoms with Crippen LogP contribution in [-0.4, -0.2) is 59.4 Å². The van der Waals surface area contributed by atoms with Gasteiger partial charge >= 0.3 is 0 Å². The van der Waals surface area contributed by atoms with Gasteiger partial charge in [-0.15, -0.1) is 0 Å². The van der Waals surface area contributed by atoms with E-state index in [1.165, 1.54) is 5.56 Å². The second kappa shape index (κ2) is 10.5. The summed E-state index contributed by atoms with van der Waals surface area (Å²) in [6.07, 6.45) is 10.2. The van der Waals surface area contributed by atoms with Crippen LogP contribution in [0, 0.1) is 11.1 Å². The first-order valence-electron chi connectivity index (χ1n) is 11.9. The van der Waals surface area contributed by atoms with Crippen molar-refractivity contribution in [1.82, 2.24) is 15.3 Å². The van der Waals surface area contributed by atoms with Gasteiger partial charge < -0.3 is 25.6 Å². The number of benzene rings is 1. The Hall–Kier alpha value is -1.63. The Bertz CT molecular complexity index is 856. The molecule has 2 unspecified atom stereocenters. The molecule has 0 bridgehead atoms. The van der Waals surface area contributed by atoms with E-state index in [0.29, 0.717) is 36.6 Å². The maximum Gasteiger partial charge on any atom is 0.0989 e. The van der Waals surface area contributed by atoms with Gasteiger partial charge in [-0.05, 0) is 55.5 Å². The summed E-state index contributed by atoms with van der Waals surface area (Å²) in [5.74, 6) is 1.41. The first kappa shape index (κ1) is 23.5. The van der Waals surface area contributed by atoms with Crippen LogP contribution in [0.1, 0.15) is 44.6 Å². The summed E-state index contributed by atoms with van der Waals surface area (Å²) in [5, 5.41) is 28.9. The first-order chi connectivity index (χ1) is 15.4. The van der Waals surface area contributed by atoms with Crippen molar-refractivity contribution in [3.63, 3.8) is 0 Å². The zero-order chi connectivity index (χ0) is 22.7. The average molecular weight is 457 g/mol. The summed E-state index contributed by atoms with van der Waals surface area (Å²) >= 11 is 6.04. The minimum absolute atomic E-state index is 0.253. The summed E-state index contributed by atoms with van der Waals surface area (Å²) in [7, 11) is 0. The van der Waals surface area contributed by atoms with Crippen LogP contribution in [0.3, 0.4) is 0 Å². The molecule has 1 saturated heterocycles. The fraction of sp³-hybridized carbons (Fsp3) is 0.538. The van der Waals surface area contributed by atoms with Crippen LogP contribution in [0.5, 0.6) is 0 Å². The molecule has 1 aromatic rings. The average Bonchev–Trinajstić information content (AvgIpc) is 2.80. The highest BCUT2D eigenvalue weighted by Gasteiger charge is 2.30. The lowest BCUT2D eigenvalue weighted by Crippen LogP contribution is -2.53. The van der Waals surface area contributed by atoms with Crippen molar-refractivity contribution in [2.45, 2.75) is 57.2 Å². The van der Waals surface area contributed by atoms with Crippen LogP contribution in [-0.2, 0) is 0 Å². The normalized spacial score (nSPS) is 26.0. The molecule has 0 amide bonds. The van der Waals surface area contributed by atoms with Crippen molar-refractivity contribution in [3.8, 4) is 0 Å². The molecular weight excluding hydrogens is 422 g/mol. The van der Waals surface area contributed by atoms with Crippen molar-refractivity contribution < 1.29 is 5.11 Å². The lowest BCUT2D eigenvalue weighted by atomic mass is 9.89. The third-order valence-electron chi connectivity index (χ3n) is 7.20. The second-order valence-electron chi connectivity index (χ2n) is 9.69. The zero-order valence-electron chi connectivity index (χ0n) is 19.1. The van der Waals surface area contributed by atoms with Gasteiger partial charge in [0.2, 0.25) is 0 Å². The number of halogens is 1. The number of hydroxylamine groups is 2. The number of aliphatic hydroxyl groups is 1. The summed E-state index contributed by atoms with van der Waals surface area (Å²) in [4.78, 5) is 2.55. The van der Waals surface area contributed by atoms with E-state index in [9.17, 15) is 10.3 Å². The van der Waals surface area contributed by atoms with E-state index in [4.69, 9.17) is 11.6 Å². The third-order valence-corrected chi connectivity index (χ3v) is 7.45. The highest BCUT2D eigenvalue weighted by molar-refractivity contribution is 6.30. The van der Waals surface area contributed by atoms with Gasteiger partial charge in [-0.2, -0.15) is 0 Å². The van der Waals surface area contributed by atoms with Gasteiger partial charge in [0.1, 0.15) is 0 Å². The highest BCUT2D eigenvalue weighted by atomic mass is 35.5. The number of nitrogens with one attached hydrogen (secondary N) is 1. The molecule has 5 nitrogen and oxygen atoms in total. The van der Waals surface area contributed by atoms with Gasteiger partial charge in [0, 0.05) is 48.2 Å². The minimum atomic E-state index is -0.370. The molecule has 0 spiro atoms. The maximum absolute atomic E-state index is 12.9. The van der Waals surface area contributed by atoms with Crippen LogP contribution in [0.4, 0.5) is 0 Å². The molecule has 0 aromatic heterocycles. The SMILES string of the molecule is CC(C)[C@H](CN1CCC(c2ccc(Cl)cc2)CC1)NCC1CC(O)=C2C=CC=CC2N1[O-]. The number of nitrogens with zero attached hydrogens (tertiary/aromatic N) is 2. The number of allylic oxidation sites excluding steroid dienone is 2. The largest absolute Gasteiger partial charge is 0.784 e. The molecule has 2 N–H and O–H groups in total. The molecular formula is C26H35ClN3O2-. The fourth-order valence-corrected chi connectivity index (χ4v) is 5.23. The monoisotopic (exact) mass is 456 g/mol. The van der Waals surface area contributed by atoms with E-state index in [0.717, 1.165) is 48.1 Å². The summed E-state index contributed by atoms with van der Waals surface area (Å²) in [5.41, 5.74) is 2.13. The Kier molecular flexibility index (Phi) is 7.74. The van der Waals surface area contributed by atoms with E-state index in [1.54, 1.807) is 0 Å². The molecule has 3 aliphatic rings. The number of fused-ring (bicyclic) bond motifs is 1. The predicted octanol–water partition coefficient (Wildman–Crippen LogP) is 5.01. The predicted molar refractivity (Wildman–Crippen MR) is 132 cm³/mol. The Labute approximate surface area is 197 Å². The van der Waals surface area contributed by atoms with Gasteiger partial charge in [-0.1, -0.05) is 61.9 Å². The van der Waals surface area contributed by atoms with Gasteiger partial charge in [-0.25, -0.2) is 0 Å². The van der Waals surface area contributed by atoms with E-state index in [1.807, 2.05) is 36.4 Å². The van der Waals surface area contributed by atoms with Crippen LogP contribution in [0.25, 0.3) is 0 Å². The van der Waals surface area contributed by atoms with Crippen LogP contribution in [0.2, 0.25) is 5.02 Å². The van der Waals surface area contributed by atoms with Gasteiger partial charge in [0.25, 0.3) is 0 Å². The molecule has 3 atom stereocenters. The number of aliphatic hydroxyl groups excluding tert-OH is 1. The Morgan fingerprint density at radius 3 is 2.56 bits per heavy atom. The standard InChI is InChI=1S/C26H35ClN3O2/c1-18(2)24(17-29-13-11-20(12-14-29)19-7-9-21(27)10-8-19)28-16-22-15-26(31)23-5-3-4-6-25(23)30(22)32/h3-10,18,20,22,24-25,28,31H,11-17H2,1-2H3/q-1/t22?,24-,25?/m0/s1. The van der Waals surface area contributed by atoms with E-state index in [2.05, 4.69) is 36.2 Å². The highest BCUT2D eigenvalue weighted by Crippen LogP contribution is 2.31. The van der Waals surface area contributed by atoms with Crippen molar-refractivity contribution in [1.29, 1.82) is 0 Å². The van der Waals surface area contributed by atoms with Gasteiger partial charge in [0.05, 0.1) is 5.76 Å².